The zero-order valence-electron chi connectivity index (χ0n) is 11.4. The SMILES string of the molecule is CC(C)C1CCC(O)(C2(CO)CCCC2)CC1. The molecule has 2 heteroatoms. The lowest BCUT2D eigenvalue weighted by Crippen LogP contribution is -2.51. The Kier molecular flexibility index (Phi) is 3.84. The van der Waals surface area contributed by atoms with Gasteiger partial charge in [0.05, 0.1) is 12.2 Å². The maximum Gasteiger partial charge on any atom is 0.0725 e. The van der Waals surface area contributed by atoms with E-state index >= 15 is 0 Å². The second kappa shape index (κ2) is 4.89. The van der Waals surface area contributed by atoms with Crippen LogP contribution in [0.2, 0.25) is 0 Å². The lowest BCUT2D eigenvalue weighted by molar-refractivity contribution is -0.136. The van der Waals surface area contributed by atoms with E-state index in [1.165, 1.54) is 12.8 Å². The molecule has 0 bridgehead atoms. The predicted molar refractivity (Wildman–Crippen MR) is 69.7 cm³/mol. The van der Waals surface area contributed by atoms with Gasteiger partial charge in [-0.2, -0.15) is 0 Å². The summed E-state index contributed by atoms with van der Waals surface area (Å²) < 4.78 is 0. The summed E-state index contributed by atoms with van der Waals surface area (Å²) in [5, 5.41) is 20.7. The van der Waals surface area contributed by atoms with E-state index in [0.717, 1.165) is 50.4 Å². The van der Waals surface area contributed by atoms with Gasteiger partial charge >= 0.3 is 0 Å². The summed E-state index contributed by atoms with van der Waals surface area (Å²) in [5.41, 5.74) is -0.751. The second-order valence-electron chi connectivity index (χ2n) is 6.76. The van der Waals surface area contributed by atoms with E-state index in [1.54, 1.807) is 0 Å². The summed E-state index contributed by atoms with van der Waals surface area (Å²) >= 11 is 0. The smallest absolute Gasteiger partial charge is 0.0725 e. The van der Waals surface area contributed by atoms with Gasteiger partial charge in [0.2, 0.25) is 0 Å². The predicted octanol–water partition coefficient (Wildman–Crippen LogP) is 3.12. The van der Waals surface area contributed by atoms with Crippen molar-refractivity contribution in [2.24, 2.45) is 17.3 Å². The molecule has 0 aromatic rings. The minimum atomic E-state index is -0.580. The average molecular weight is 240 g/mol. The van der Waals surface area contributed by atoms with E-state index in [9.17, 15) is 10.2 Å². The Hall–Kier alpha value is -0.0800. The third kappa shape index (κ3) is 2.26. The molecular weight excluding hydrogens is 212 g/mol. The molecule has 2 rings (SSSR count). The van der Waals surface area contributed by atoms with Gasteiger partial charge in [0.25, 0.3) is 0 Å². The lowest BCUT2D eigenvalue weighted by atomic mass is 9.61. The first-order valence-corrected chi connectivity index (χ1v) is 7.36. The molecule has 0 radical (unpaired) electrons. The highest BCUT2D eigenvalue weighted by Gasteiger charge is 2.52. The Bertz CT molecular complexity index is 246. The van der Waals surface area contributed by atoms with Crippen molar-refractivity contribution in [3.05, 3.63) is 0 Å². The Balaban J connectivity index is 2.05. The molecule has 2 nitrogen and oxygen atoms in total. The molecule has 2 fully saturated rings. The topological polar surface area (TPSA) is 40.5 Å². The molecule has 0 aliphatic heterocycles. The molecule has 2 saturated carbocycles. The van der Waals surface area contributed by atoms with Crippen molar-refractivity contribution < 1.29 is 10.2 Å². The van der Waals surface area contributed by atoms with Crippen molar-refractivity contribution in [3.63, 3.8) is 0 Å². The van der Waals surface area contributed by atoms with E-state index < -0.39 is 5.60 Å². The molecule has 0 aromatic carbocycles. The van der Waals surface area contributed by atoms with E-state index in [2.05, 4.69) is 13.8 Å². The quantitative estimate of drug-likeness (QED) is 0.795. The number of hydrogen-bond donors (Lipinski definition) is 2. The summed E-state index contributed by atoms with van der Waals surface area (Å²) in [6.07, 6.45) is 8.46. The second-order valence-corrected chi connectivity index (χ2v) is 6.76. The van der Waals surface area contributed by atoms with Crippen LogP contribution in [0, 0.1) is 17.3 Å². The Morgan fingerprint density at radius 1 is 1.06 bits per heavy atom. The van der Waals surface area contributed by atoms with Gasteiger partial charge < -0.3 is 10.2 Å². The van der Waals surface area contributed by atoms with Crippen LogP contribution in [-0.4, -0.2) is 22.4 Å². The van der Waals surface area contributed by atoms with Crippen LogP contribution in [0.1, 0.15) is 65.2 Å². The lowest BCUT2D eigenvalue weighted by Gasteiger charge is -2.48. The fourth-order valence-corrected chi connectivity index (χ4v) is 4.14. The van der Waals surface area contributed by atoms with Crippen LogP contribution in [0.15, 0.2) is 0 Å². The van der Waals surface area contributed by atoms with Crippen molar-refractivity contribution >= 4 is 0 Å². The molecule has 0 amide bonds. The van der Waals surface area contributed by atoms with Crippen molar-refractivity contribution in [1.29, 1.82) is 0 Å². The highest BCUT2D eigenvalue weighted by molar-refractivity contribution is 5.03. The zero-order valence-corrected chi connectivity index (χ0v) is 11.4. The first-order chi connectivity index (χ1) is 8.03. The van der Waals surface area contributed by atoms with Crippen LogP contribution < -0.4 is 0 Å². The molecule has 0 heterocycles. The third-order valence-corrected chi connectivity index (χ3v) is 5.65. The molecule has 17 heavy (non-hydrogen) atoms. The minimum absolute atomic E-state index is 0.172. The molecule has 0 spiro atoms. The zero-order chi connectivity index (χ0) is 12.5. The first-order valence-electron chi connectivity index (χ1n) is 7.36. The molecule has 0 aromatic heterocycles. The Labute approximate surface area is 105 Å². The first kappa shape index (κ1) is 13.4. The molecule has 2 aliphatic carbocycles. The van der Waals surface area contributed by atoms with Gasteiger partial charge in [0.1, 0.15) is 0 Å². The van der Waals surface area contributed by atoms with E-state index in [1.807, 2.05) is 0 Å². The van der Waals surface area contributed by atoms with Crippen LogP contribution in [0.25, 0.3) is 0 Å². The highest BCUT2D eigenvalue weighted by atomic mass is 16.3. The van der Waals surface area contributed by atoms with Gasteiger partial charge in [-0.05, 0) is 50.4 Å². The van der Waals surface area contributed by atoms with Gasteiger partial charge in [-0.1, -0.05) is 26.7 Å². The van der Waals surface area contributed by atoms with Gasteiger partial charge in [0, 0.05) is 5.41 Å². The normalized spacial score (nSPS) is 37.6. The Morgan fingerprint density at radius 3 is 2.00 bits per heavy atom. The molecule has 0 saturated heterocycles. The van der Waals surface area contributed by atoms with Crippen LogP contribution >= 0.6 is 0 Å². The van der Waals surface area contributed by atoms with Gasteiger partial charge in [-0.15, -0.1) is 0 Å². The number of aliphatic hydroxyl groups is 2. The third-order valence-electron chi connectivity index (χ3n) is 5.65. The fourth-order valence-electron chi connectivity index (χ4n) is 4.14. The summed E-state index contributed by atoms with van der Waals surface area (Å²) in [5.74, 6) is 1.50. The minimum Gasteiger partial charge on any atom is -0.396 e. The summed E-state index contributed by atoms with van der Waals surface area (Å²) in [7, 11) is 0. The van der Waals surface area contributed by atoms with Gasteiger partial charge in [-0.3, -0.25) is 0 Å². The molecule has 2 N–H and O–H groups in total. The summed E-state index contributed by atoms with van der Waals surface area (Å²) in [6, 6.07) is 0. The van der Waals surface area contributed by atoms with E-state index in [0.29, 0.717) is 0 Å². The summed E-state index contributed by atoms with van der Waals surface area (Å²) in [6.45, 7) is 4.74. The molecule has 0 unspecified atom stereocenters. The monoisotopic (exact) mass is 240 g/mol. The molecular formula is C15H28O2. The van der Waals surface area contributed by atoms with Crippen LogP contribution in [0.3, 0.4) is 0 Å². The van der Waals surface area contributed by atoms with Gasteiger partial charge in [0.15, 0.2) is 0 Å². The van der Waals surface area contributed by atoms with Crippen molar-refractivity contribution in [1.82, 2.24) is 0 Å². The largest absolute Gasteiger partial charge is 0.396 e. The summed E-state index contributed by atoms with van der Waals surface area (Å²) in [4.78, 5) is 0. The standard InChI is InChI=1S/C15H28O2/c1-12(2)13-5-9-15(17,10-6-13)14(11-16)7-3-4-8-14/h12-13,16-17H,3-11H2,1-2H3. The van der Waals surface area contributed by atoms with Crippen LogP contribution in [0.4, 0.5) is 0 Å². The van der Waals surface area contributed by atoms with E-state index in [-0.39, 0.29) is 12.0 Å². The number of hydrogen-bond acceptors (Lipinski definition) is 2. The fraction of sp³-hybridized carbons (Fsp3) is 1.00. The van der Waals surface area contributed by atoms with Crippen LogP contribution in [-0.2, 0) is 0 Å². The maximum absolute atomic E-state index is 11.0. The Morgan fingerprint density at radius 2 is 1.59 bits per heavy atom. The average Bonchev–Trinajstić information content (AvgIpc) is 2.79. The highest BCUT2D eigenvalue weighted by Crippen LogP contribution is 2.53. The molecule has 100 valence electrons. The number of aliphatic hydroxyl groups excluding tert-OH is 1. The maximum atomic E-state index is 11.0. The van der Waals surface area contributed by atoms with E-state index in [4.69, 9.17) is 0 Å². The van der Waals surface area contributed by atoms with Crippen LogP contribution in [0.5, 0.6) is 0 Å². The van der Waals surface area contributed by atoms with Gasteiger partial charge in [-0.25, -0.2) is 0 Å². The molecule has 0 atom stereocenters. The number of rotatable bonds is 3. The van der Waals surface area contributed by atoms with Crippen molar-refractivity contribution in [2.75, 3.05) is 6.61 Å². The molecule has 2 aliphatic rings. The van der Waals surface area contributed by atoms with Crippen molar-refractivity contribution in [2.45, 2.75) is 70.8 Å². The van der Waals surface area contributed by atoms with Crippen molar-refractivity contribution in [3.8, 4) is 0 Å².